The fourth-order valence-corrected chi connectivity index (χ4v) is 3.65. The van der Waals surface area contributed by atoms with Crippen LogP contribution in [0, 0.1) is 11.6 Å². The molecular weight excluding hydrogens is 430 g/mol. The Hall–Kier alpha value is -3.75. The van der Waals surface area contributed by atoms with Crippen molar-refractivity contribution in [1.82, 2.24) is 15.1 Å². The first-order chi connectivity index (χ1) is 15.9. The fraction of sp³-hybridized carbons (Fsp3) is 0.292. The van der Waals surface area contributed by atoms with Crippen molar-refractivity contribution in [3.05, 3.63) is 66.2 Å². The number of rotatable bonds is 6. The van der Waals surface area contributed by atoms with Gasteiger partial charge < -0.3 is 19.3 Å². The van der Waals surface area contributed by atoms with Gasteiger partial charge in [0.15, 0.2) is 23.5 Å². The number of carbonyl (C=O) groups excluding carboxylic acids is 1. The van der Waals surface area contributed by atoms with Gasteiger partial charge in [0, 0.05) is 37.8 Å². The van der Waals surface area contributed by atoms with E-state index >= 15 is 0 Å². The second kappa shape index (κ2) is 9.81. The summed E-state index contributed by atoms with van der Waals surface area (Å²) >= 11 is 0. The van der Waals surface area contributed by atoms with E-state index in [1.807, 2.05) is 36.4 Å². The average Bonchev–Trinajstić information content (AvgIpc) is 2.85. The number of halogens is 2. The summed E-state index contributed by atoms with van der Waals surface area (Å²) < 4.78 is 37.5. The van der Waals surface area contributed by atoms with Gasteiger partial charge in [-0.05, 0) is 43.3 Å². The number of piperazine rings is 1. The van der Waals surface area contributed by atoms with Crippen LogP contribution >= 0.6 is 0 Å². The molecule has 0 bridgehead atoms. The van der Waals surface area contributed by atoms with E-state index in [4.69, 9.17) is 9.47 Å². The summed E-state index contributed by atoms with van der Waals surface area (Å²) in [5.41, 5.74) is 1.65. The van der Waals surface area contributed by atoms with Crippen molar-refractivity contribution in [2.45, 2.75) is 13.0 Å². The maximum absolute atomic E-state index is 13.8. The van der Waals surface area contributed by atoms with Crippen molar-refractivity contribution in [3.8, 4) is 22.8 Å². The molecule has 1 atom stereocenters. The van der Waals surface area contributed by atoms with E-state index in [1.165, 1.54) is 6.07 Å². The van der Waals surface area contributed by atoms with Gasteiger partial charge in [0.05, 0.1) is 12.8 Å². The Morgan fingerprint density at radius 2 is 1.79 bits per heavy atom. The fourth-order valence-electron chi connectivity index (χ4n) is 3.65. The molecule has 1 aromatic heterocycles. The minimum Gasteiger partial charge on any atom is -0.497 e. The summed E-state index contributed by atoms with van der Waals surface area (Å²) in [5.74, 6) is -0.462. The zero-order valence-electron chi connectivity index (χ0n) is 18.4. The molecule has 1 aliphatic rings. The highest BCUT2D eigenvalue weighted by molar-refractivity contribution is 5.81. The number of carbonyl (C=O) groups is 1. The van der Waals surface area contributed by atoms with E-state index in [9.17, 15) is 13.6 Å². The van der Waals surface area contributed by atoms with Crippen LogP contribution in [0.4, 0.5) is 14.6 Å². The summed E-state index contributed by atoms with van der Waals surface area (Å²) in [6.45, 7) is 3.66. The van der Waals surface area contributed by atoms with Gasteiger partial charge in [0.1, 0.15) is 11.6 Å². The SMILES string of the molecule is COc1cccc(-c2ccc(N3CCN(C(=O)C(C)Oc4ccc(F)cc4F)CC3)nn2)c1. The van der Waals surface area contributed by atoms with Crippen LogP contribution in [0.3, 0.4) is 0 Å². The second-order valence-corrected chi connectivity index (χ2v) is 7.66. The molecule has 3 aromatic rings. The van der Waals surface area contributed by atoms with Gasteiger partial charge in [-0.3, -0.25) is 4.79 Å². The molecule has 4 rings (SSSR count). The number of anilines is 1. The average molecular weight is 454 g/mol. The molecule has 1 saturated heterocycles. The minimum absolute atomic E-state index is 0.151. The lowest BCUT2D eigenvalue weighted by molar-refractivity contribution is -0.138. The molecule has 2 aromatic carbocycles. The minimum atomic E-state index is -0.890. The van der Waals surface area contributed by atoms with Crippen LogP contribution in [0.25, 0.3) is 11.3 Å². The van der Waals surface area contributed by atoms with Gasteiger partial charge in [0.2, 0.25) is 0 Å². The molecule has 33 heavy (non-hydrogen) atoms. The molecule has 2 heterocycles. The number of hydrogen-bond acceptors (Lipinski definition) is 6. The summed E-state index contributed by atoms with van der Waals surface area (Å²) in [5, 5.41) is 8.68. The first kappa shape index (κ1) is 22.4. The van der Waals surface area contributed by atoms with Crippen LogP contribution in [0.1, 0.15) is 6.92 Å². The van der Waals surface area contributed by atoms with Crippen LogP contribution < -0.4 is 14.4 Å². The molecule has 0 radical (unpaired) electrons. The first-order valence-corrected chi connectivity index (χ1v) is 10.6. The Bertz CT molecular complexity index is 1120. The highest BCUT2D eigenvalue weighted by Crippen LogP contribution is 2.24. The van der Waals surface area contributed by atoms with E-state index in [1.54, 1.807) is 18.9 Å². The normalized spacial score (nSPS) is 14.7. The third-order valence-corrected chi connectivity index (χ3v) is 5.48. The lowest BCUT2D eigenvalue weighted by Gasteiger charge is -2.36. The largest absolute Gasteiger partial charge is 0.497 e. The van der Waals surface area contributed by atoms with Crippen LogP contribution in [-0.2, 0) is 4.79 Å². The van der Waals surface area contributed by atoms with Gasteiger partial charge >= 0.3 is 0 Å². The van der Waals surface area contributed by atoms with Gasteiger partial charge in [-0.25, -0.2) is 8.78 Å². The Labute approximate surface area is 190 Å². The molecule has 9 heteroatoms. The molecule has 1 amide bonds. The molecule has 0 saturated carbocycles. The van der Waals surface area contributed by atoms with Crippen molar-refractivity contribution in [2.75, 3.05) is 38.2 Å². The molecule has 1 unspecified atom stereocenters. The molecule has 0 spiro atoms. The number of methoxy groups -OCH3 is 1. The highest BCUT2D eigenvalue weighted by atomic mass is 19.1. The Kier molecular flexibility index (Phi) is 6.67. The molecule has 172 valence electrons. The van der Waals surface area contributed by atoms with Gasteiger partial charge in [-0.15, -0.1) is 10.2 Å². The summed E-state index contributed by atoms with van der Waals surface area (Å²) in [6.07, 6.45) is -0.890. The number of benzene rings is 2. The maximum atomic E-state index is 13.8. The van der Waals surface area contributed by atoms with Crippen molar-refractivity contribution in [2.24, 2.45) is 0 Å². The molecule has 0 aliphatic carbocycles. The zero-order valence-corrected chi connectivity index (χ0v) is 18.4. The van der Waals surface area contributed by atoms with Crippen LogP contribution in [0.2, 0.25) is 0 Å². The maximum Gasteiger partial charge on any atom is 0.263 e. The second-order valence-electron chi connectivity index (χ2n) is 7.66. The summed E-state index contributed by atoms with van der Waals surface area (Å²) in [6, 6.07) is 14.4. The third-order valence-electron chi connectivity index (χ3n) is 5.48. The zero-order chi connectivity index (χ0) is 23.4. The van der Waals surface area contributed by atoms with E-state index in [-0.39, 0.29) is 11.7 Å². The lowest BCUT2D eigenvalue weighted by atomic mass is 10.1. The Balaban J connectivity index is 1.33. The molecular formula is C24H24F2N4O3. The molecule has 1 fully saturated rings. The number of hydrogen-bond donors (Lipinski definition) is 0. The topological polar surface area (TPSA) is 67.8 Å². The van der Waals surface area contributed by atoms with E-state index < -0.39 is 17.7 Å². The van der Waals surface area contributed by atoms with Crippen molar-refractivity contribution >= 4 is 11.7 Å². The van der Waals surface area contributed by atoms with Crippen molar-refractivity contribution < 1.29 is 23.0 Å². The Morgan fingerprint density at radius 3 is 2.45 bits per heavy atom. The highest BCUT2D eigenvalue weighted by Gasteiger charge is 2.27. The van der Waals surface area contributed by atoms with Gasteiger partial charge in [0.25, 0.3) is 5.91 Å². The molecule has 7 nitrogen and oxygen atoms in total. The van der Waals surface area contributed by atoms with Gasteiger partial charge in [-0.1, -0.05) is 12.1 Å². The van der Waals surface area contributed by atoms with Crippen LogP contribution in [0.15, 0.2) is 54.6 Å². The number of aromatic nitrogens is 2. The molecule has 1 aliphatic heterocycles. The van der Waals surface area contributed by atoms with E-state index in [0.29, 0.717) is 26.2 Å². The van der Waals surface area contributed by atoms with Crippen LogP contribution in [0.5, 0.6) is 11.5 Å². The number of nitrogens with zero attached hydrogens (tertiary/aromatic N) is 4. The quantitative estimate of drug-likeness (QED) is 0.568. The van der Waals surface area contributed by atoms with Crippen molar-refractivity contribution in [3.63, 3.8) is 0 Å². The van der Waals surface area contributed by atoms with E-state index in [2.05, 4.69) is 15.1 Å². The smallest absolute Gasteiger partial charge is 0.263 e. The van der Waals surface area contributed by atoms with Crippen LogP contribution in [-0.4, -0.2) is 60.4 Å². The lowest BCUT2D eigenvalue weighted by Crippen LogP contribution is -2.52. The standard InChI is InChI=1S/C24H24F2N4O3/c1-16(33-22-8-6-18(25)15-20(22)26)24(31)30-12-10-29(11-13-30)23-9-7-21(27-28-23)17-4-3-5-19(14-17)32-2/h3-9,14-16H,10-13H2,1-2H3. The van der Waals surface area contributed by atoms with Gasteiger partial charge in [-0.2, -0.15) is 0 Å². The monoisotopic (exact) mass is 454 g/mol. The summed E-state index contributed by atoms with van der Waals surface area (Å²) in [4.78, 5) is 16.4. The first-order valence-electron chi connectivity index (χ1n) is 10.6. The predicted octanol–water partition coefficient (Wildman–Crippen LogP) is 3.55. The van der Waals surface area contributed by atoms with Crippen molar-refractivity contribution in [1.29, 1.82) is 0 Å². The number of amides is 1. The number of ether oxygens (including phenoxy) is 2. The molecule has 0 N–H and O–H groups in total. The third kappa shape index (κ3) is 5.19. The predicted molar refractivity (Wildman–Crippen MR) is 119 cm³/mol. The Morgan fingerprint density at radius 1 is 1.00 bits per heavy atom. The van der Waals surface area contributed by atoms with E-state index in [0.717, 1.165) is 35.0 Å². The summed E-state index contributed by atoms with van der Waals surface area (Å²) in [7, 11) is 1.62.